The molecule has 0 radical (unpaired) electrons. The molecule has 3 aromatic rings. The molecule has 1 amide bonds. The normalized spacial score (nSPS) is 11.0. The molecule has 1 heterocycles. The van der Waals surface area contributed by atoms with Gasteiger partial charge in [-0.1, -0.05) is 18.2 Å². The Hall–Kier alpha value is -3.27. The van der Waals surface area contributed by atoms with E-state index in [1.54, 1.807) is 24.9 Å². The molecular weight excluding hydrogens is 517 g/mol. The number of nitrogens with zero attached hydrogens (tertiary/aromatic N) is 1. The molecule has 2 aromatic carbocycles. The minimum atomic E-state index is -4.37. The summed E-state index contributed by atoms with van der Waals surface area (Å²) in [6, 6.07) is 13.3. The van der Waals surface area contributed by atoms with Gasteiger partial charge in [0.05, 0.1) is 24.3 Å². The number of primary amides is 1. The van der Waals surface area contributed by atoms with Crippen molar-refractivity contribution in [3.05, 3.63) is 65.9 Å². The molecule has 0 aliphatic carbocycles. The third kappa shape index (κ3) is 11.4. The topological polar surface area (TPSA) is 91.5 Å². The summed E-state index contributed by atoms with van der Waals surface area (Å²) in [5.41, 5.74) is 5.22. The Morgan fingerprint density at radius 1 is 1.03 bits per heavy atom. The van der Waals surface area contributed by atoms with Gasteiger partial charge in [-0.05, 0) is 74.3 Å². The molecule has 0 fully saturated rings. The van der Waals surface area contributed by atoms with E-state index < -0.39 is 11.7 Å². The fraction of sp³-hybridized carbons (Fsp3) is 0.393. The Morgan fingerprint density at radius 2 is 1.74 bits per heavy atom. The van der Waals surface area contributed by atoms with E-state index in [1.165, 1.54) is 13.0 Å². The molecule has 6 nitrogen and oxygen atoms in total. The molecule has 0 atom stereocenters. The molecule has 0 aliphatic heterocycles. The standard InChI is InChI=1S/C26H28F3NO3S.C2H5NO/c1-2-32-25(31)13-8-19-6-10-21(11-7-19)33-16-4-3-5-17-34-24-14-15-30-23-18-20(26(27,28)29)9-12-22(23)24;1-2(3)4/h6-7,9-12,14-15,18H,2-5,8,13,16-17H2,1H3;1H3,(H2,3,4). The number of fused-ring (bicyclic) bond motifs is 1. The minimum absolute atomic E-state index is 0.186. The summed E-state index contributed by atoms with van der Waals surface area (Å²) >= 11 is 1.63. The summed E-state index contributed by atoms with van der Waals surface area (Å²) in [7, 11) is 0. The number of alkyl halides is 3. The Kier molecular flexibility index (Phi) is 12.9. The van der Waals surface area contributed by atoms with Gasteiger partial charge in [0.2, 0.25) is 5.91 Å². The zero-order valence-electron chi connectivity index (χ0n) is 21.6. The number of pyridine rings is 1. The van der Waals surface area contributed by atoms with Crippen LogP contribution in [0.5, 0.6) is 5.75 Å². The summed E-state index contributed by atoms with van der Waals surface area (Å²) in [6.45, 7) is 4.12. The van der Waals surface area contributed by atoms with Gasteiger partial charge in [0.25, 0.3) is 0 Å². The van der Waals surface area contributed by atoms with Gasteiger partial charge in [0.1, 0.15) is 5.75 Å². The van der Waals surface area contributed by atoms with Crippen molar-refractivity contribution < 1.29 is 32.2 Å². The molecule has 10 heteroatoms. The fourth-order valence-corrected chi connectivity index (χ4v) is 4.46. The van der Waals surface area contributed by atoms with E-state index in [9.17, 15) is 22.8 Å². The number of benzene rings is 2. The van der Waals surface area contributed by atoms with Gasteiger partial charge in [-0.15, -0.1) is 11.8 Å². The van der Waals surface area contributed by atoms with Crippen molar-refractivity contribution in [1.82, 2.24) is 4.98 Å². The van der Waals surface area contributed by atoms with E-state index >= 15 is 0 Å². The molecule has 0 bridgehead atoms. The van der Waals surface area contributed by atoms with Crippen LogP contribution < -0.4 is 10.5 Å². The number of aromatic nitrogens is 1. The molecule has 0 spiro atoms. The lowest BCUT2D eigenvalue weighted by atomic mass is 10.1. The highest BCUT2D eigenvalue weighted by Gasteiger charge is 2.30. The maximum Gasteiger partial charge on any atom is 0.416 e. The fourth-order valence-electron chi connectivity index (χ4n) is 3.41. The van der Waals surface area contributed by atoms with Crippen LogP contribution in [0.3, 0.4) is 0 Å². The van der Waals surface area contributed by atoms with E-state index in [2.05, 4.69) is 10.7 Å². The number of thioether (sulfide) groups is 1. The number of ether oxygens (including phenoxy) is 2. The van der Waals surface area contributed by atoms with Gasteiger partial charge in [0, 0.05) is 29.8 Å². The van der Waals surface area contributed by atoms with Crippen LogP contribution in [0.15, 0.2) is 59.6 Å². The minimum Gasteiger partial charge on any atom is -0.494 e. The monoisotopic (exact) mass is 550 g/mol. The number of hydrogen-bond acceptors (Lipinski definition) is 6. The van der Waals surface area contributed by atoms with E-state index in [-0.39, 0.29) is 11.9 Å². The molecule has 206 valence electrons. The van der Waals surface area contributed by atoms with Crippen molar-refractivity contribution in [3.63, 3.8) is 0 Å². The van der Waals surface area contributed by atoms with Gasteiger partial charge in [0.15, 0.2) is 0 Å². The Labute approximate surface area is 225 Å². The van der Waals surface area contributed by atoms with Crippen molar-refractivity contribution in [3.8, 4) is 5.75 Å². The van der Waals surface area contributed by atoms with E-state index in [0.29, 0.717) is 31.6 Å². The lowest BCUT2D eigenvalue weighted by molar-refractivity contribution is -0.143. The van der Waals surface area contributed by atoms with E-state index in [0.717, 1.165) is 58.7 Å². The van der Waals surface area contributed by atoms with Gasteiger partial charge in [-0.3, -0.25) is 14.6 Å². The maximum atomic E-state index is 12.9. The molecule has 0 saturated carbocycles. The summed E-state index contributed by atoms with van der Waals surface area (Å²) in [5, 5.41) is 0.745. The van der Waals surface area contributed by atoms with E-state index in [4.69, 9.17) is 9.47 Å². The smallest absolute Gasteiger partial charge is 0.416 e. The molecule has 0 aliphatic rings. The van der Waals surface area contributed by atoms with Gasteiger partial charge < -0.3 is 15.2 Å². The SMILES string of the molecule is CC(N)=O.CCOC(=O)CCc1ccc(OCCCCCSc2ccnc3cc(C(F)(F)F)ccc23)cc1. The summed E-state index contributed by atoms with van der Waals surface area (Å²) < 4.78 is 49.5. The van der Waals surface area contributed by atoms with Crippen LogP contribution in [-0.2, 0) is 26.9 Å². The average molecular weight is 551 g/mol. The highest BCUT2D eigenvalue weighted by molar-refractivity contribution is 7.99. The first-order chi connectivity index (χ1) is 18.1. The number of carbonyl (C=O) groups is 2. The average Bonchev–Trinajstić information content (AvgIpc) is 2.86. The van der Waals surface area contributed by atoms with Crippen LogP contribution in [0.2, 0.25) is 0 Å². The highest BCUT2D eigenvalue weighted by atomic mass is 32.2. The summed E-state index contributed by atoms with van der Waals surface area (Å²) in [5.74, 6) is 1.15. The molecule has 1 aromatic heterocycles. The maximum absolute atomic E-state index is 12.9. The number of aryl methyl sites for hydroxylation is 1. The second-order valence-electron chi connectivity index (χ2n) is 8.36. The van der Waals surface area contributed by atoms with Gasteiger partial charge in [-0.25, -0.2) is 0 Å². The number of carbonyl (C=O) groups excluding carboxylic acids is 2. The first-order valence-electron chi connectivity index (χ1n) is 12.3. The highest BCUT2D eigenvalue weighted by Crippen LogP contribution is 2.34. The van der Waals surface area contributed by atoms with Crippen LogP contribution in [0.4, 0.5) is 13.2 Å². The zero-order chi connectivity index (χ0) is 28.0. The Morgan fingerprint density at radius 3 is 2.39 bits per heavy atom. The molecule has 2 N–H and O–H groups in total. The lowest BCUT2D eigenvalue weighted by Gasteiger charge is -2.10. The first-order valence-corrected chi connectivity index (χ1v) is 13.3. The molecule has 3 rings (SSSR count). The van der Waals surface area contributed by atoms with Crippen molar-refractivity contribution in [2.45, 2.75) is 57.0 Å². The molecule has 0 unspecified atom stereocenters. The summed E-state index contributed by atoms with van der Waals surface area (Å²) in [4.78, 5) is 25.7. The quantitative estimate of drug-likeness (QED) is 0.156. The van der Waals surface area contributed by atoms with Crippen LogP contribution in [-0.4, -0.2) is 35.8 Å². The van der Waals surface area contributed by atoms with Gasteiger partial charge >= 0.3 is 12.1 Å². The number of unbranched alkanes of at least 4 members (excludes halogenated alkanes) is 2. The van der Waals surface area contributed by atoms with Crippen LogP contribution >= 0.6 is 11.8 Å². The number of halogens is 3. The largest absolute Gasteiger partial charge is 0.494 e. The third-order valence-corrected chi connectivity index (χ3v) is 6.35. The second-order valence-corrected chi connectivity index (χ2v) is 9.49. The number of rotatable bonds is 12. The van der Waals surface area contributed by atoms with Gasteiger partial charge in [-0.2, -0.15) is 13.2 Å². The van der Waals surface area contributed by atoms with Crippen molar-refractivity contribution >= 4 is 34.5 Å². The zero-order valence-corrected chi connectivity index (χ0v) is 22.4. The molecular formula is C28H33F3N2O4S. The molecule has 38 heavy (non-hydrogen) atoms. The third-order valence-electron chi connectivity index (χ3n) is 5.19. The molecule has 0 saturated heterocycles. The predicted molar refractivity (Wildman–Crippen MR) is 143 cm³/mol. The van der Waals surface area contributed by atoms with Crippen LogP contribution in [0, 0.1) is 0 Å². The van der Waals surface area contributed by atoms with Crippen LogP contribution in [0.1, 0.15) is 50.7 Å². The first kappa shape index (κ1) is 31.0. The number of esters is 1. The number of nitrogens with two attached hydrogens (primary N) is 1. The summed E-state index contributed by atoms with van der Waals surface area (Å²) in [6.07, 6.45) is 1.09. The van der Waals surface area contributed by atoms with Crippen LogP contribution in [0.25, 0.3) is 10.9 Å². The Bertz CT molecular complexity index is 1170. The lowest BCUT2D eigenvalue weighted by Crippen LogP contribution is -2.05. The Balaban J connectivity index is 0.00000118. The predicted octanol–water partition coefficient (Wildman–Crippen LogP) is 6.58. The second kappa shape index (κ2) is 15.9. The van der Waals surface area contributed by atoms with E-state index in [1.807, 2.05) is 30.3 Å². The number of hydrogen-bond donors (Lipinski definition) is 1. The van der Waals surface area contributed by atoms with Crippen molar-refractivity contribution in [2.24, 2.45) is 5.73 Å². The van der Waals surface area contributed by atoms with Crippen molar-refractivity contribution in [2.75, 3.05) is 19.0 Å². The number of amides is 1. The van der Waals surface area contributed by atoms with Crippen molar-refractivity contribution in [1.29, 1.82) is 0 Å².